The summed E-state index contributed by atoms with van der Waals surface area (Å²) >= 11 is 0. The minimum Gasteiger partial charge on any atom is -0.466 e. The molecular formula is C60H113NO5. The van der Waals surface area contributed by atoms with Gasteiger partial charge in [-0.1, -0.05) is 249 Å². The molecule has 0 heterocycles. The van der Waals surface area contributed by atoms with E-state index in [1.165, 1.54) is 199 Å². The van der Waals surface area contributed by atoms with E-state index in [1.54, 1.807) is 0 Å². The number of aliphatic hydroxyl groups excluding tert-OH is 2. The lowest BCUT2D eigenvalue weighted by Gasteiger charge is -2.22. The van der Waals surface area contributed by atoms with Gasteiger partial charge in [0.15, 0.2) is 0 Å². The zero-order chi connectivity index (χ0) is 47.9. The first-order valence-electron chi connectivity index (χ1n) is 29.2. The minimum absolute atomic E-state index is 0.0161. The number of nitrogens with one attached hydrogen (secondary N) is 1. The summed E-state index contributed by atoms with van der Waals surface area (Å²) in [5.74, 6) is -0.0799. The standard InChI is InChI=1S/C60H113NO5/c1-3-5-7-9-11-13-15-17-19-21-22-24-26-30-34-38-42-46-50-54-60(65)66-55-51-47-43-39-35-31-27-29-33-37-41-45-49-53-59(64)61-57(56-62)58(63)52-48-44-40-36-32-28-25-23-20-18-16-14-12-10-8-6-4-2/h11,13,17,19,29,33,57-58,62-63H,3-10,12,14-16,18,20-28,30-32,34-56H2,1-2H3,(H,61,64)/b13-11-,19-17-,33-29-. The molecule has 388 valence electrons. The Morgan fingerprint density at radius 1 is 0.424 bits per heavy atom. The minimum atomic E-state index is -0.682. The van der Waals surface area contributed by atoms with E-state index in [0.29, 0.717) is 25.9 Å². The van der Waals surface area contributed by atoms with Gasteiger partial charge >= 0.3 is 5.97 Å². The molecule has 0 aliphatic carbocycles. The molecule has 0 fully saturated rings. The highest BCUT2D eigenvalue weighted by Gasteiger charge is 2.20. The van der Waals surface area contributed by atoms with Crippen LogP contribution in [0.5, 0.6) is 0 Å². The Morgan fingerprint density at radius 3 is 1.21 bits per heavy atom. The Balaban J connectivity index is 3.48. The molecular weight excluding hydrogens is 815 g/mol. The van der Waals surface area contributed by atoms with Crippen molar-refractivity contribution in [1.82, 2.24) is 5.32 Å². The summed E-state index contributed by atoms with van der Waals surface area (Å²) in [6.45, 7) is 4.90. The predicted octanol–water partition coefficient (Wildman–Crippen LogP) is 18.0. The molecule has 0 bridgehead atoms. The Hall–Kier alpha value is -1.92. The summed E-state index contributed by atoms with van der Waals surface area (Å²) in [6, 6.07) is -0.563. The second-order valence-electron chi connectivity index (χ2n) is 20.0. The van der Waals surface area contributed by atoms with Crippen LogP contribution in [0.15, 0.2) is 36.5 Å². The van der Waals surface area contributed by atoms with Gasteiger partial charge < -0.3 is 20.3 Å². The number of ether oxygens (including phenoxy) is 1. The third-order valence-electron chi connectivity index (χ3n) is 13.4. The van der Waals surface area contributed by atoms with E-state index in [-0.39, 0.29) is 18.5 Å². The summed E-state index contributed by atoms with van der Waals surface area (Å²) in [6.07, 6.45) is 68.4. The van der Waals surface area contributed by atoms with Gasteiger partial charge in [0.25, 0.3) is 0 Å². The number of unbranched alkanes of at least 4 members (excludes halogenated alkanes) is 37. The molecule has 0 radical (unpaired) electrons. The van der Waals surface area contributed by atoms with Crippen LogP contribution in [0, 0.1) is 0 Å². The fraction of sp³-hybridized carbons (Fsp3) is 0.867. The van der Waals surface area contributed by atoms with Gasteiger partial charge in [-0.2, -0.15) is 0 Å². The number of hydrogen-bond donors (Lipinski definition) is 3. The molecule has 6 heteroatoms. The summed E-state index contributed by atoms with van der Waals surface area (Å²) in [7, 11) is 0. The fourth-order valence-corrected chi connectivity index (χ4v) is 8.90. The smallest absolute Gasteiger partial charge is 0.305 e. The zero-order valence-corrected chi connectivity index (χ0v) is 44.2. The summed E-state index contributed by atoms with van der Waals surface area (Å²) in [4.78, 5) is 24.6. The first-order valence-corrected chi connectivity index (χ1v) is 29.2. The SMILES string of the molecule is CCCCC/C=C\C/C=C\CCCCCCCCCCCC(=O)OCCCCCCCC/C=C\CCCCCC(=O)NC(CO)C(O)CCCCCCCCCCCCCCCCCCC. The quantitative estimate of drug-likeness (QED) is 0.0321. The van der Waals surface area contributed by atoms with Gasteiger partial charge in [0, 0.05) is 12.8 Å². The number of carbonyl (C=O) groups is 2. The zero-order valence-electron chi connectivity index (χ0n) is 44.2. The van der Waals surface area contributed by atoms with Crippen molar-refractivity contribution in [2.24, 2.45) is 0 Å². The maximum absolute atomic E-state index is 12.5. The summed E-state index contributed by atoms with van der Waals surface area (Å²) < 4.78 is 5.48. The van der Waals surface area contributed by atoms with E-state index >= 15 is 0 Å². The molecule has 3 N–H and O–H groups in total. The van der Waals surface area contributed by atoms with Crippen LogP contribution in [0.3, 0.4) is 0 Å². The largest absolute Gasteiger partial charge is 0.466 e. The first-order chi connectivity index (χ1) is 32.5. The number of carbonyl (C=O) groups excluding carboxylic acids is 2. The molecule has 0 aromatic rings. The molecule has 1 amide bonds. The van der Waals surface area contributed by atoms with E-state index in [4.69, 9.17) is 4.74 Å². The number of esters is 1. The molecule has 0 spiro atoms. The summed E-state index contributed by atoms with van der Waals surface area (Å²) in [5, 5.41) is 23.3. The Kier molecular flexibility index (Phi) is 54.1. The third kappa shape index (κ3) is 51.5. The first kappa shape index (κ1) is 64.1. The van der Waals surface area contributed by atoms with E-state index in [1.807, 2.05) is 0 Å². The number of rotatable bonds is 54. The lowest BCUT2D eigenvalue weighted by atomic mass is 10.0. The van der Waals surface area contributed by atoms with Gasteiger partial charge in [-0.25, -0.2) is 0 Å². The van der Waals surface area contributed by atoms with Crippen molar-refractivity contribution >= 4 is 11.9 Å². The lowest BCUT2D eigenvalue weighted by Crippen LogP contribution is -2.45. The van der Waals surface area contributed by atoms with Crippen LogP contribution in [0.2, 0.25) is 0 Å². The van der Waals surface area contributed by atoms with Crippen LogP contribution < -0.4 is 5.32 Å². The third-order valence-corrected chi connectivity index (χ3v) is 13.4. The second kappa shape index (κ2) is 55.7. The van der Waals surface area contributed by atoms with E-state index in [9.17, 15) is 19.8 Å². The fourth-order valence-electron chi connectivity index (χ4n) is 8.90. The average molecular weight is 929 g/mol. The van der Waals surface area contributed by atoms with E-state index in [2.05, 4.69) is 55.6 Å². The molecule has 66 heavy (non-hydrogen) atoms. The molecule has 0 aliphatic heterocycles. The molecule has 6 nitrogen and oxygen atoms in total. The molecule has 0 saturated carbocycles. The number of hydrogen-bond acceptors (Lipinski definition) is 5. The molecule has 2 atom stereocenters. The number of aliphatic hydroxyl groups is 2. The molecule has 0 saturated heterocycles. The second-order valence-corrected chi connectivity index (χ2v) is 20.0. The molecule has 2 unspecified atom stereocenters. The predicted molar refractivity (Wildman–Crippen MR) is 287 cm³/mol. The van der Waals surface area contributed by atoms with Crippen LogP contribution in [0.25, 0.3) is 0 Å². The molecule has 0 aromatic carbocycles. The monoisotopic (exact) mass is 928 g/mol. The van der Waals surface area contributed by atoms with Crippen LogP contribution in [0.1, 0.15) is 309 Å². The topological polar surface area (TPSA) is 95.9 Å². The van der Waals surface area contributed by atoms with Crippen molar-refractivity contribution in [3.63, 3.8) is 0 Å². The Morgan fingerprint density at radius 2 is 0.758 bits per heavy atom. The Labute approximate surface area is 411 Å². The van der Waals surface area contributed by atoms with Crippen LogP contribution in [-0.4, -0.2) is 47.4 Å². The van der Waals surface area contributed by atoms with Crippen LogP contribution in [0.4, 0.5) is 0 Å². The highest BCUT2D eigenvalue weighted by Crippen LogP contribution is 2.17. The van der Waals surface area contributed by atoms with E-state index < -0.39 is 12.1 Å². The lowest BCUT2D eigenvalue weighted by molar-refractivity contribution is -0.143. The summed E-state index contributed by atoms with van der Waals surface area (Å²) in [5.41, 5.74) is 0. The van der Waals surface area contributed by atoms with Crippen molar-refractivity contribution in [3.8, 4) is 0 Å². The molecule has 0 rings (SSSR count). The van der Waals surface area contributed by atoms with Crippen molar-refractivity contribution in [2.45, 2.75) is 321 Å². The van der Waals surface area contributed by atoms with Crippen molar-refractivity contribution in [2.75, 3.05) is 13.2 Å². The van der Waals surface area contributed by atoms with Gasteiger partial charge in [-0.3, -0.25) is 9.59 Å². The molecule has 0 aromatic heterocycles. The highest BCUT2D eigenvalue weighted by atomic mass is 16.5. The van der Waals surface area contributed by atoms with Crippen molar-refractivity contribution in [3.05, 3.63) is 36.5 Å². The normalized spacial score (nSPS) is 12.8. The highest BCUT2D eigenvalue weighted by molar-refractivity contribution is 5.76. The maximum Gasteiger partial charge on any atom is 0.305 e. The van der Waals surface area contributed by atoms with Gasteiger partial charge in [0.1, 0.15) is 0 Å². The molecule has 0 aliphatic rings. The Bertz CT molecular complexity index is 1070. The van der Waals surface area contributed by atoms with Crippen LogP contribution in [-0.2, 0) is 14.3 Å². The average Bonchev–Trinajstić information content (AvgIpc) is 3.32. The van der Waals surface area contributed by atoms with Crippen molar-refractivity contribution in [1.29, 1.82) is 0 Å². The van der Waals surface area contributed by atoms with Gasteiger partial charge in [0.05, 0.1) is 25.4 Å². The van der Waals surface area contributed by atoms with Crippen LogP contribution >= 0.6 is 0 Å². The van der Waals surface area contributed by atoms with Gasteiger partial charge in [-0.05, 0) is 83.5 Å². The number of amides is 1. The van der Waals surface area contributed by atoms with E-state index in [0.717, 1.165) is 77.0 Å². The van der Waals surface area contributed by atoms with Gasteiger partial charge in [0.2, 0.25) is 5.91 Å². The van der Waals surface area contributed by atoms with Gasteiger partial charge in [-0.15, -0.1) is 0 Å². The van der Waals surface area contributed by atoms with Crippen molar-refractivity contribution < 1.29 is 24.5 Å². The maximum atomic E-state index is 12.5. The number of allylic oxidation sites excluding steroid dienone is 6.